The van der Waals surface area contributed by atoms with E-state index in [1.165, 1.54) is 5.56 Å². The zero-order valence-corrected chi connectivity index (χ0v) is 14.4. The molecular formula is C21H17NO2S. The van der Waals surface area contributed by atoms with Gasteiger partial charge in [0, 0.05) is 6.42 Å². The van der Waals surface area contributed by atoms with E-state index in [0.29, 0.717) is 6.61 Å². The van der Waals surface area contributed by atoms with E-state index in [9.17, 15) is 0 Å². The van der Waals surface area contributed by atoms with Crippen molar-refractivity contribution in [2.45, 2.75) is 6.42 Å². The van der Waals surface area contributed by atoms with Crippen LogP contribution < -0.4 is 9.47 Å². The molecule has 1 aromatic heterocycles. The van der Waals surface area contributed by atoms with Gasteiger partial charge in [-0.15, -0.1) is 11.3 Å². The summed E-state index contributed by atoms with van der Waals surface area (Å²) in [6.07, 6.45) is 0.854. The van der Waals surface area contributed by atoms with E-state index >= 15 is 0 Å². The average Bonchev–Trinajstić information content (AvgIpc) is 3.12. The average molecular weight is 347 g/mol. The predicted molar refractivity (Wildman–Crippen MR) is 102 cm³/mol. The normalized spacial score (nSPS) is 10.7. The van der Waals surface area contributed by atoms with Gasteiger partial charge in [0.1, 0.15) is 17.2 Å². The van der Waals surface area contributed by atoms with Crippen molar-refractivity contribution >= 4 is 21.6 Å². The lowest BCUT2D eigenvalue weighted by atomic mass is 10.1. The largest absolute Gasteiger partial charge is 0.493 e. The number of rotatable bonds is 6. The number of thiazole rings is 1. The molecule has 124 valence electrons. The van der Waals surface area contributed by atoms with Gasteiger partial charge in [-0.25, -0.2) is 4.98 Å². The molecule has 25 heavy (non-hydrogen) atoms. The molecule has 0 N–H and O–H groups in total. The zero-order valence-electron chi connectivity index (χ0n) is 13.6. The van der Waals surface area contributed by atoms with Crippen molar-refractivity contribution in [1.29, 1.82) is 0 Å². The molecule has 0 fully saturated rings. The van der Waals surface area contributed by atoms with E-state index < -0.39 is 0 Å². The Balaban J connectivity index is 1.32. The number of para-hydroxylation sites is 1. The van der Waals surface area contributed by atoms with Crippen molar-refractivity contribution in [1.82, 2.24) is 4.98 Å². The summed E-state index contributed by atoms with van der Waals surface area (Å²) >= 11 is 1.63. The Morgan fingerprint density at radius 3 is 2.40 bits per heavy atom. The van der Waals surface area contributed by atoms with Crippen LogP contribution in [0.4, 0.5) is 0 Å². The molecular weight excluding hydrogens is 330 g/mol. The summed E-state index contributed by atoms with van der Waals surface area (Å²) in [6, 6.07) is 23.9. The molecule has 3 nitrogen and oxygen atoms in total. The fraction of sp³-hybridized carbons (Fsp3) is 0.0952. The summed E-state index contributed by atoms with van der Waals surface area (Å²) in [5, 5.41) is 0. The maximum atomic E-state index is 5.86. The third kappa shape index (κ3) is 3.98. The Kier molecular flexibility index (Phi) is 4.61. The second-order valence-electron chi connectivity index (χ2n) is 5.64. The first-order valence-electron chi connectivity index (χ1n) is 8.15. The molecule has 0 saturated heterocycles. The number of hydrogen-bond donors (Lipinski definition) is 0. The molecule has 0 atom stereocenters. The van der Waals surface area contributed by atoms with Crippen LogP contribution in [0.3, 0.4) is 0 Å². The number of ether oxygens (including phenoxy) is 2. The van der Waals surface area contributed by atoms with Gasteiger partial charge < -0.3 is 9.47 Å². The second kappa shape index (κ2) is 7.36. The SMILES string of the molecule is c1ccc(Oc2ccc(CCOc3ccc4ncsc4c3)cc2)cc1. The molecule has 0 aliphatic rings. The van der Waals surface area contributed by atoms with E-state index in [4.69, 9.17) is 9.47 Å². The lowest BCUT2D eigenvalue weighted by Gasteiger charge is -2.08. The summed E-state index contributed by atoms with van der Waals surface area (Å²) < 4.78 is 12.8. The van der Waals surface area contributed by atoms with Crippen molar-refractivity contribution in [3.05, 3.63) is 83.9 Å². The molecule has 0 spiro atoms. The lowest BCUT2D eigenvalue weighted by molar-refractivity contribution is 0.322. The van der Waals surface area contributed by atoms with Crippen LogP contribution in [-0.4, -0.2) is 11.6 Å². The maximum Gasteiger partial charge on any atom is 0.127 e. The maximum absolute atomic E-state index is 5.86. The van der Waals surface area contributed by atoms with Gasteiger partial charge in [-0.05, 0) is 48.0 Å². The van der Waals surface area contributed by atoms with Crippen LogP contribution in [0.5, 0.6) is 17.2 Å². The number of hydrogen-bond acceptors (Lipinski definition) is 4. The standard InChI is InChI=1S/C21H17NO2S/c1-2-4-17(5-3-1)24-18-8-6-16(7-9-18)12-13-23-19-10-11-20-21(14-19)25-15-22-20/h1-11,14-15H,12-13H2. The van der Waals surface area contributed by atoms with Crippen LogP contribution >= 0.6 is 11.3 Å². The van der Waals surface area contributed by atoms with Crippen LogP contribution in [-0.2, 0) is 6.42 Å². The van der Waals surface area contributed by atoms with E-state index in [1.54, 1.807) is 11.3 Å². The number of benzene rings is 3. The van der Waals surface area contributed by atoms with Crippen molar-refractivity contribution in [3.63, 3.8) is 0 Å². The molecule has 0 unspecified atom stereocenters. The number of fused-ring (bicyclic) bond motifs is 1. The first-order chi connectivity index (χ1) is 12.4. The third-order valence-corrected chi connectivity index (χ3v) is 4.66. The minimum Gasteiger partial charge on any atom is -0.493 e. The molecule has 0 bridgehead atoms. The van der Waals surface area contributed by atoms with Gasteiger partial charge in [0.05, 0.1) is 22.3 Å². The summed E-state index contributed by atoms with van der Waals surface area (Å²) in [5.41, 5.74) is 4.10. The van der Waals surface area contributed by atoms with Crippen LogP contribution in [0.1, 0.15) is 5.56 Å². The first kappa shape index (κ1) is 15.7. The quantitative estimate of drug-likeness (QED) is 0.448. The Morgan fingerprint density at radius 2 is 1.56 bits per heavy atom. The van der Waals surface area contributed by atoms with Crippen LogP contribution in [0, 0.1) is 0 Å². The van der Waals surface area contributed by atoms with Crippen molar-refractivity contribution in [3.8, 4) is 17.2 Å². The minimum absolute atomic E-state index is 0.642. The molecule has 4 rings (SSSR count). The van der Waals surface area contributed by atoms with Gasteiger partial charge in [-0.3, -0.25) is 0 Å². The van der Waals surface area contributed by atoms with Crippen molar-refractivity contribution in [2.75, 3.05) is 6.61 Å². The summed E-state index contributed by atoms with van der Waals surface area (Å²) in [6.45, 7) is 0.642. The molecule has 4 heteroatoms. The minimum atomic E-state index is 0.642. The van der Waals surface area contributed by atoms with Crippen molar-refractivity contribution in [2.24, 2.45) is 0 Å². The van der Waals surface area contributed by atoms with E-state index in [0.717, 1.165) is 33.9 Å². The number of aromatic nitrogens is 1. The molecule has 0 aliphatic carbocycles. The van der Waals surface area contributed by atoms with Gasteiger partial charge in [0.25, 0.3) is 0 Å². The molecule has 0 radical (unpaired) electrons. The monoisotopic (exact) mass is 347 g/mol. The summed E-state index contributed by atoms with van der Waals surface area (Å²) in [7, 11) is 0. The Morgan fingerprint density at radius 1 is 0.800 bits per heavy atom. The second-order valence-corrected chi connectivity index (χ2v) is 6.53. The van der Waals surface area contributed by atoms with Gasteiger partial charge >= 0.3 is 0 Å². The highest BCUT2D eigenvalue weighted by Gasteiger charge is 2.01. The summed E-state index contributed by atoms with van der Waals surface area (Å²) in [4.78, 5) is 4.28. The molecule has 3 aromatic carbocycles. The van der Waals surface area contributed by atoms with E-state index in [2.05, 4.69) is 17.1 Å². The highest BCUT2D eigenvalue weighted by Crippen LogP contribution is 2.24. The Labute approximate surface area is 150 Å². The zero-order chi connectivity index (χ0) is 16.9. The third-order valence-electron chi connectivity index (χ3n) is 3.86. The molecule has 0 saturated carbocycles. The molecule has 0 amide bonds. The van der Waals surface area contributed by atoms with Crippen LogP contribution in [0.15, 0.2) is 78.3 Å². The van der Waals surface area contributed by atoms with E-state index in [1.807, 2.05) is 66.2 Å². The van der Waals surface area contributed by atoms with E-state index in [-0.39, 0.29) is 0 Å². The van der Waals surface area contributed by atoms with Gasteiger partial charge in [0.2, 0.25) is 0 Å². The fourth-order valence-electron chi connectivity index (χ4n) is 2.56. The smallest absolute Gasteiger partial charge is 0.127 e. The lowest BCUT2D eigenvalue weighted by Crippen LogP contribution is -2.01. The molecule has 0 aliphatic heterocycles. The molecule has 4 aromatic rings. The predicted octanol–water partition coefficient (Wildman–Crippen LogP) is 5.71. The van der Waals surface area contributed by atoms with Crippen LogP contribution in [0.25, 0.3) is 10.2 Å². The first-order valence-corrected chi connectivity index (χ1v) is 9.03. The number of nitrogens with zero attached hydrogens (tertiary/aromatic N) is 1. The van der Waals surface area contributed by atoms with Gasteiger partial charge in [0.15, 0.2) is 0 Å². The highest BCUT2D eigenvalue weighted by atomic mass is 32.1. The fourth-order valence-corrected chi connectivity index (χ4v) is 3.27. The highest BCUT2D eigenvalue weighted by molar-refractivity contribution is 7.16. The summed E-state index contributed by atoms with van der Waals surface area (Å²) in [5.74, 6) is 2.57. The van der Waals surface area contributed by atoms with Crippen molar-refractivity contribution < 1.29 is 9.47 Å². The Bertz CT molecular complexity index is 948. The van der Waals surface area contributed by atoms with Gasteiger partial charge in [-0.2, -0.15) is 0 Å². The van der Waals surface area contributed by atoms with Gasteiger partial charge in [-0.1, -0.05) is 30.3 Å². The Hall–Kier alpha value is -2.85. The molecule has 1 heterocycles. The topological polar surface area (TPSA) is 31.4 Å². The van der Waals surface area contributed by atoms with Crippen LogP contribution in [0.2, 0.25) is 0 Å².